The van der Waals surface area contributed by atoms with Crippen LogP contribution < -0.4 is 20.1 Å². The van der Waals surface area contributed by atoms with E-state index in [2.05, 4.69) is 10.6 Å². The van der Waals surface area contributed by atoms with Gasteiger partial charge in [0.2, 0.25) is 0 Å². The Bertz CT molecular complexity index is 995. The average molecular weight is 577 g/mol. The standard InChI is InChI=1S/C17H27NO4.C15H25NO3/c1-17(2,3)18-9-12(19)10-22-16-6-4-5-11-7-14(20)15(21)8-13(11)16;1-12(2)16-10-14(17)11-19-15-6-4-13(5-7-15)8-9-18-3/h4-6,12,14-15,18-21H,7-10H2,1-3H3;4-7,12,14,16-17H,8-11H2,1-3H3/t12?,14-,15+;/m1./s1. The van der Waals surface area contributed by atoms with Crippen molar-refractivity contribution in [2.24, 2.45) is 0 Å². The number of methoxy groups -OCH3 is 1. The Balaban J connectivity index is 0.000000290. The van der Waals surface area contributed by atoms with Crippen LogP contribution in [0, 0.1) is 0 Å². The van der Waals surface area contributed by atoms with Gasteiger partial charge in [0.25, 0.3) is 0 Å². The molecule has 41 heavy (non-hydrogen) atoms. The van der Waals surface area contributed by atoms with E-state index in [4.69, 9.17) is 14.2 Å². The van der Waals surface area contributed by atoms with E-state index in [1.807, 2.05) is 77.1 Å². The number of aliphatic hydroxyl groups is 4. The Morgan fingerprint density at radius 2 is 1.51 bits per heavy atom. The van der Waals surface area contributed by atoms with Crippen molar-refractivity contribution in [3.8, 4) is 11.5 Å². The molecule has 232 valence electrons. The van der Waals surface area contributed by atoms with Gasteiger partial charge in [-0.2, -0.15) is 0 Å². The zero-order chi connectivity index (χ0) is 30.4. The van der Waals surface area contributed by atoms with Crippen molar-refractivity contribution >= 4 is 0 Å². The number of nitrogens with one attached hydrogen (secondary N) is 2. The number of fused-ring (bicyclic) bond motifs is 1. The van der Waals surface area contributed by atoms with E-state index in [-0.39, 0.29) is 12.1 Å². The number of hydrogen-bond acceptors (Lipinski definition) is 9. The fraction of sp³-hybridized carbons (Fsp3) is 0.625. The Morgan fingerprint density at radius 1 is 0.878 bits per heavy atom. The summed E-state index contributed by atoms with van der Waals surface area (Å²) < 4.78 is 16.3. The maximum absolute atomic E-state index is 10.00. The molecule has 1 aliphatic carbocycles. The molecular weight excluding hydrogens is 524 g/mol. The summed E-state index contributed by atoms with van der Waals surface area (Å²) in [6.45, 7) is 12.4. The van der Waals surface area contributed by atoms with Gasteiger partial charge in [0, 0.05) is 50.2 Å². The predicted octanol–water partition coefficient (Wildman–Crippen LogP) is 2.25. The number of rotatable bonds is 14. The summed E-state index contributed by atoms with van der Waals surface area (Å²) >= 11 is 0. The number of ether oxygens (including phenoxy) is 3. The van der Waals surface area contributed by atoms with E-state index in [9.17, 15) is 20.4 Å². The first-order valence-electron chi connectivity index (χ1n) is 14.5. The van der Waals surface area contributed by atoms with Crippen molar-refractivity contribution in [1.29, 1.82) is 0 Å². The third kappa shape index (κ3) is 14.0. The third-order valence-electron chi connectivity index (χ3n) is 6.54. The fourth-order valence-corrected chi connectivity index (χ4v) is 4.14. The minimum absolute atomic E-state index is 0.0485. The summed E-state index contributed by atoms with van der Waals surface area (Å²) in [6.07, 6.45) is -0.860. The molecular formula is C32H52N2O7. The van der Waals surface area contributed by atoms with Crippen molar-refractivity contribution in [3.05, 3.63) is 59.2 Å². The number of hydrogen-bond donors (Lipinski definition) is 6. The highest BCUT2D eigenvalue weighted by atomic mass is 16.5. The molecule has 9 heteroatoms. The third-order valence-corrected chi connectivity index (χ3v) is 6.54. The first-order chi connectivity index (χ1) is 19.4. The molecule has 1 aliphatic rings. The summed E-state index contributed by atoms with van der Waals surface area (Å²) in [5, 5.41) is 45.7. The zero-order valence-electron chi connectivity index (χ0n) is 25.6. The van der Waals surface area contributed by atoms with Crippen LogP contribution in [-0.2, 0) is 24.0 Å². The molecule has 0 saturated heterocycles. The Labute approximate surface area is 245 Å². The zero-order valence-corrected chi connectivity index (χ0v) is 25.6. The molecule has 9 nitrogen and oxygen atoms in total. The summed E-state index contributed by atoms with van der Waals surface area (Å²) in [4.78, 5) is 0. The summed E-state index contributed by atoms with van der Waals surface area (Å²) in [5.41, 5.74) is 3.10. The van der Waals surface area contributed by atoms with E-state index in [0.717, 1.165) is 29.9 Å². The van der Waals surface area contributed by atoms with Crippen LogP contribution >= 0.6 is 0 Å². The smallest absolute Gasteiger partial charge is 0.123 e. The van der Waals surface area contributed by atoms with Gasteiger partial charge < -0.3 is 45.3 Å². The highest BCUT2D eigenvalue weighted by molar-refractivity contribution is 5.43. The number of benzene rings is 2. The highest BCUT2D eigenvalue weighted by Crippen LogP contribution is 2.30. The van der Waals surface area contributed by atoms with Crippen molar-refractivity contribution in [2.45, 2.75) is 89.9 Å². The second-order valence-electron chi connectivity index (χ2n) is 11.9. The first kappa shape index (κ1) is 35.0. The maximum Gasteiger partial charge on any atom is 0.123 e. The minimum Gasteiger partial charge on any atom is -0.491 e. The molecule has 0 radical (unpaired) electrons. The predicted molar refractivity (Wildman–Crippen MR) is 162 cm³/mol. The quantitative estimate of drug-likeness (QED) is 0.200. The maximum atomic E-state index is 10.00. The molecule has 0 amide bonds. The molecule has 0 heterocycles. The number of β-amino-alcohol motifs (C(OH)–C–C–N with tert-alkyl or cyclic N) is 1. The fourth-order valence-electron chi connectivity index (χ4n) is 4.14. The molecule has 6 N–H and O–H groups in total. The van der Waals surface area contributed by atoms with E-state index in [1.165, 1.54) is 5.56 Å². The van der Waals surface area contributed by atoms with Gasteiger partial charge in [-0.15, -0.1) is 0 Å². The van der Waals surface area contributed by atoms with Gasteiger partial charge in [0.1, 0.15) is 36.9 Å². The Morgan fingerprint density at radius 3 is 2.15 bits per heavy atom. The number of aliphatic hydroxyl groups excluding tert-OH is 4. The van der Waals surface area contributed by atoms with Gasteiger partial charge >= 0.3 is 0 Å². The largest absolute Gasteiger partial charge is 0.491 e. The lowest BCUT2D eigenvalue weighted by molar-refractivity contribution is 0.0132. The topological polar surface area (TPSA) is 133 Å². The van der Waals surface area contributed by atoms with Gasteiger partial charge in [-0.05, 0) is 56.5 Å². The molecule has 2 aromatic rings. The molecule has 4 atom stereocenters. The highest BCUT2D eigenvalue weighted by Gasteiger charge is 2.27. The molecule has 0 saturated carbocycles. The van der Waals surface area contributed by atoms with Crippen LogP contribution in [0.5, 0.6) is 11.5 Å². The van der Waals surface area contributed by atoms with E-state index in [0.29, 0.717) is 44.3 Å². The van der Waals surface area contributed by atoms with E-state index in [1.54, 1.807) is 7.11 Å². The molecule has 3 rings (SSSR count). The molecule has 2 aromatic carbocycles. The van der Waals surface area contributed by atoms with E-state index < -0.39 is 24.4 Å². The molecule has 0 fully saturated rings. The van der Waals surface area contributed by atoms with Crippen molar-refractivity contribution in [1.82, 2.24) is 10.6 Å². The monoisotopic (exact) mass is 576 g/mol. The lowest BCUT2D eigenvalue weighted by Crippen LogP contribution is -2.42. The normalized spacial score (nSPS) is 18.2. The molecule has 0 spiro atoms. The van der Waals surface area contributed by atoms with E-state index >= 15 is 0 Å². The molecule has 2 unspecified atom stereocenters. The van der Waals surface area contributed by atoms with Crippen LogP contribution in [0.3, 0.4) is 0 Å². The second kappa shape index (κ2) is 17.7. The van der Waals surface area contributed by atoms with Crippen LogP contribution in [0.4, 0.5) is 0 Å². The average Bonchev–Trinajstić information content (AvgIpc) is 2.92. The second-order valence-corrected chi connectivity index (χ2v) is 11.9. The van der Waals surface area contributed by atoms with Crippen LogP contribution in [-0.4, -0.2) is 96.4 Å². The van der Waals surface area contributed by atoms with Crippen LogP contribution in [0.2, 0.25) is 0 Å². The van der Waals surface area contributed by atoms with Crippen molar-refractivity contribution in [2.75, 3.05) is 40.0 Å². The lowest BCUT2D eigenvalue weighted by atomic mass is 9.87. The van der Waals surface area contributed by atoms with Gasteiger partial charge in [0.05, 0.1) is 18.8 Å². The van der Waals surface area contributed by atoms with Gasteiger partial charge in [-0.25, -0.2) is 0 Å². The summed E-state index contributed by atoms with van der Waals surface area (Å²) in [7, 11) is 1.70. The van der Waals surface area contributed by atoms with Crippen LogP contribution in [0.15, 0.2) is 42.5 Å². The van der Waals surface area contributed by atoms with Crippen molar-refractivity contribution < 1.29 is 34.6 Å². The molecule has 0 bridgehead atoms. The summed E-state index contributed by atoms with van der Waals surface area (Å²) in [6, 6.07) is 13.9. The minimum atomic E-state index is -0.760. The Hall–Kier alpha value is -2.24. The van der Waals surface area contributed by atoms with Gasteiger partial charge in [0.15, 0.2) is 0 Å². The summed E-state index contributed by atoms with van der Waals surface area (Å²) in [5.74, 6) is 1.46. The molecule has 0 aromatic heterocycles. The van der Waals surface area contributed by atoms with Gasteiger partial charge in [-0.1, -0.05) is 38.1 Å². The molecule has 0 aliphatic heterocycles. The van der Waals surface area contributed by atoms with Crippen LogP contribution in [0.1, 0.15) is 51.3 Å². The lowest BCUT2D eigenvalue weighted by Gasteiger charge is -2.28. The Kier molecular flexibility index (Phi) is 15.1. The SMILES string of the molecule is CC(C)(C)NCC(O)COc1cccc2c1C[C@H](O)[C@H](O)C2.COCCc1ccc(OCC(O)CNC(C)C)cc1. The van der Waals surface area contributed by atoms with Gasteiger partial charge in [-0.3, -0.25) is 0 Å². The van der Waals surface area contributed by atoms with Crippen LogP contribution in [0.25, 0.3) is 0 Å². The van der Waals surface area contributed by atoms with Crippen molar-refractivity contribution in [3.63, 3.8) is 0 Å². The first-order valence-corrected chi connectivity index (χ1v) is 14.5.